The van der Waals surface area contributed by atoms with Gasteiger partial charge in [0.05, 0.1) is 11.6 Å². The fraction of sp³-hybridized carbons (Fsp3) is 0.333. The fourth-order valence-electron chi connectivity index (χ4n) is 1.09. The second-order valence-electron chi connectivity index (χ2n) is 2.53. The second kappa shape index (κ2) is 4.58. The van der Waals surface area contributed by atoms with E-state index in [2.05, 4.69) is 15.9 Å². The summed E-state index contributed by atoms with van der Waals surface area (Å²) in [6, 6.07) is 5.13. The van der Waals surface area contributed by atoms with E-state index >= 15 is 0 Å². The molecule has 0 aliphatic carbocycles. The third-order valence-corrected chi connectivity index (χ3v) is 2.33. The van der Waals surface area contributed by atoms with E-state index in [0.29, 0.717) is 15.8 Å². The van der Waals surface area contributed by atoms with Crippen molar-refractivity contribution >= 4 is 15.9 Å². The third-order valence-electron chi connectivity index (χ3n) is 1.71. The number of hydrogen-bond acceptors (Lipinski definition) is 2. The van der Waals surface area contributed by atoms with Crippen LogP contribution < -0.4 is 4.74 Å². The van der Waals surface area contributed by atoms with Crippen LogP contribution in [-0.4, -0.2) is 18.9 Å². The number of ether oxygens (including phenoxy) is 1. The van der Waals surface area contributed by atoms with Gasteiger partial charge in [-0.25, -0.2) is 4.39 Å². The van der Waals surface area contributed by atoms with Crippen LogP contribution in [0.3, 0.4) is 0 Å². The van der Waals surface area contributed by atoms with Gasteiger partial charge in [0, 0.05) is 5.56 Å². The van der Waals surface area contributed by atoms with Crippen LogP contribution in [0.25, 0.3) is 0 Å². The van der Waals surface area contributed by atoms with Crippen molar-refractivity contribution in [2.24, 2.45) is 0 Å². The molecule has 1 rings (SSSR count). The van der Waals surface area contributed by atoms with Crippen molar-refractivity contribution < 1.29 is 14.2 Å². The van der Waals surface area contributed by atoms with Crippen molar-refractivity contribution in [2.45, 2.75) is 6.10 Å². The molecule has 1 N–H and O–H groups in total. The minimum Gasteiger partial charge on any atom is -0.495 e. The molecule has 2 nitrogen and oxygen atoms in total. The van der Waals surface area contributed by atoms with Gasteiger partial charge in [0.25, 0.3) is 0 Å². The zero-order chi connectivity index (χ0) is 9.84. The number of rotatable bonds is 3. The molecule has 1 aromatic carbocycles. The topological polar surface area (TPSA) is 29.5 Å². The lowest BCUT2D eigenvalue weighted by molar-refractivity contribution is 0.138. The standard InChI is InChI=1S/C9H10BrFO2/c1-13-9-6(8(12)5-11)3-2-4-7(9)10/h2-4,8,12H,5H2,1H3. The molecule has 0 spiro atoms. The summed E-state index contributed by atoms with van der Waals surface area (Å²) in [6.45, 7) is -0.813. The van der Waals surface area contributed by atoms with E-state index in [0.717, 1.165) is 0 Å². The maximum absolute atomic E-state index is 12.2. The number of alkyl halides is 1. The van der Waals surface area contributed by atoms with Crippen molar-refractivity contribution in [1.29, 1.82) is 0 Å². The van der Waals surface area contributed by atoms with E-state index in [9.17, 15) is 9.50 Å². The average molecular weight is 249 g/mol. The Kier molecular flexibility index (Phi) is 3.69. The molecule has 0 fully saturated rings. The zero-order valence-corrected chi connectivity index (χ0v) is 8.71. The van der Waals surface area contributed by atoms with Gasteiger partial charge in [-0.15, -0.1) is 0 Å². The lowest BCUT2D eigenvalue weighted by Gasteiger charge is -2.12. The molecular weight excluding hydrogens is 239 g/mol. The highest BCUT2D eigenvalue weighted by molar-refractivity contribution is 9.10. The van der Waals surface area contributed by atoms with E-state index in [1.807, 2.05) is 0 Å². The summed E-state index contributed by atoms with van der Waals surface area (Å²) in [5.74, 6) is 0.479. The summed E-state index contributed by atoms with van der Waals surface area (Å²) in [6.07, 6.45) is -1.12. The first-order chi connectivity index (χ1) is 6.20. The Hall–Kier alpha value is -0.610. The van der Waals surface area contributed by atoms with Crippen molar-refractivity contribution in [2.75, 3.05) is 13.8 Å². The van der Waals surface area contributed by atoms with Crippen LogP contribution in [0.4, 0.5) is 4.39 Å². The van der Waals surface area contributed by atoms with Gasteiger partial charge in [0.15, 0.2) is 0 Å². The first kappa shape index (κ1) is 10.5. The summed E-state index contributed by atoms with van der Waals surface area (Å²) in [5.41, 5.74) is 0.458. The molecule has 1 aromatic rings. The van der Waals surface area contributed by atoms with Crippen LogP contribution in [0.15, 0.2) is 22.7 Å². The summed E-state index contributed by atoms with van der Waals surface area (Å²) in [5, 5.41) is 9.29. The number of aliphatic hydroxyl groups excluding tert-OH is 1. The molecule has 72 valence electrons. The van der Waals surface area contributed by atoms with Crippen molar-refractivity contribution in [3.63, 3.8) is 0 Å². The Morgan fingerprint density at radius 1 is 1.62 bits per heavy atom. The molecule has 0 radical (unpaired) electrons. The third kappa shape index (κ3) is 2.19. The molecule has 13 heavy (non-hydrogen) atoms. The molecule has 0 saturated heterocycles. The Morgan fingerprint density at radius 3 is 2.85 bits per heavy atom. The van der Waals surface area contributed by atoms with Crippen LogP contribution in [0.1, 0.15) is 11.7 Å². The summed E-state index contributed by atoms with van der Waals surface area (Å²) >= 11 is 3.25. The number of methoxy groups -OCH3 is 1. The van der Waals surface area contributed by atoms with Gasteiger partial charge < -0.3 is 9.84 Å². The van der Waals surface area contributed by atoms with E-state index in [1.165, 1.54) is 7.11 Å². The normalized spacial score (nSPS) is 12.6. The fourth-order valence-corrected chi connectivity index (χ4v) is 1.63. The summed E-state index contributed by atoms with van der Waals surface area (Å²) < 4.78 is 17.9. The largest absolute Gasteiger partial charge is 0.495 e. The predicted octanol–water partition coefficient (Wildman–Crippen LogP) is 2.46. The molecule has 0 aliphatic heterocycles. The minimum absolute atomic E-state index is 0.458. The first-order valence-electron chi connectivity index (χ1n) is 3.77. The van der Waals surface area contributed by atoms with Crippen LogP contribution in [0, 0.1) is 0 Å². The van der Waals surface area contributed by atoms with Crippen LogP contribution in [0.2, 0.25) is 0 Å². The van der Waals surface area contributed by atoms with Crippen molar-refractivity contribution in [3.05, 3.63) is 28.2 Å². The molecule has 1 unspecified atom stereocenters. The van der Waals surface area contributed by atoms with Crippen LogP contribution in [-0.2, 0) is 0 Å². The highest BCUT2D eigenvalue weighted by Gasteiger charge is 2.14. The first-order valence-corrected chi connectivity index (χ1v) is 4.56. The van der Waals surface area contributed by atoms with Gasteiger partial charge in [-0.05, 0) is 22.0 Å². The maximum Gasteiger partial charge on any atom is 0.138 e. The second-order valence-corrected chi connectivity index (χ2v) is 3.39. The monoisotopic (exact) mass is 248 g/mol. The average Bonchev–Trinajstić information content (AvgIpc) is 2.16. The van der Waals surface area contributed by atoms with Gasteiger partial charge in [0.1, 0.15) is 18.5 Å². The van der Waals surface area contributed by atoms with Gasteiger partial charge in [0.2, 0.25) is 0 Å². The van der Waals surface area contributed by atoms with E-state index < -0.39 is 12.8 Å². The van der Waals surface area contributed by atoms with Gasteiger partial charge in [-0.3, -0.25) is 0 Å². The summed E-state index contributed by atoms with van der Waals surface area (Å²) in [7, 11) is 1.48. The molecule has 0 aliphatic rings. The maximum atomic E-state index is 12.2. The minimum atomic E-state index is -1.12. The van der Waals surface area contributed by atoms with Gasteiger partial charge in [-0.2, -0.15) is 0 Å². The molecular formula is C9H10BrFO2. The van der Waals surface area contributed by atoms with E-state index in [-0.39, 0.29) is 0 Å². The molecule has 0 bridgehead atoms. The lowest BCUT2D eigenvalue weighted by atomic mass is 10.1. The summed E-state index contributed by atoms with van der Waals surface area (Å²) in [4.78, 5) is 0. The quantitative estimate of drug-likeness (QED) is 0.891. The highest BCUT2D eigenvalue weighted by Crippen LogP contribution is 2.32. The number of hydrogen-bond donors (Lipinski definition) is 1. The smallest absolute Gasteiger partial charge is 0.138 e. The number of aliphatic hydroxyl groups is 1. The molecule has 0 amide bonds. The van der Waals surface area contributed by atoms with Gasteiger partial charge >= 0.3 is 0 Å². The number of benzene rings is 1. The number of halogens is 2. The SMILES string of the molecule is COc1c(Br)cccc1C(O)CF. The zero-order valence-electron chi connectivity index (χ0n) is 7.13. The van der Waals surface area contributed by atoms with Crippen molar-refractivity contribution in [3.8, 4) is 5.75 Å². The molecule has 0 heterocycles. The molecule has 0 aromatic heterocycles. The molecule has 0 saturated carbocycles. The Labute approximate surface area is 84.5 Å². The Bertz CT molecular complexity index is 291. The lowest BCUT2D eigenvalue weighted by Crippen LogP contribution is -2.02. The van der Waals surface area contributed by atoms with Gasteiger partial charge in [-0.1, -0.05) is 12.1 Å². The van der Waals surface area contributed by atoms with E-state index in [1.54, 1.807) is 18.2 Å². The highest BCUT2D eigenvalue weighted by atomic mass is 79.9. The number of para-hydroxylation sites is 1. The van der Waals surface area contributed by atoms with Crippen LogP contribution >= 0.6 is 15.9 Å². The predicted molar refractivity (Wildman–Crippen MR) is 51.6 cm³/mol. The molecule has 4 heteroatoms. The molecule has 1 atom stereocenters. The van der Waals surface area contributed by atoms with E-state index in [4.69, 9.17) is 4.74 Å². The van der Waals surface area contributed by atoms with Crippen LogP contribution in [0.5, 0.6) is 5.75 Å². The van der Waals surface area contributed by atoms with Crippen molar-refractivity contribution in [1.82, 2.24) is 0 Å². The Balaban J connectivity index is 3.12. The Morgan fingerprint density at radius 2 is 2.31 bits per heavy atom.